The first kappa shape index (κ1) is 14.8. The molecule has 0 bridgehead atoms. The van der Waals surface area contributed by atoms with Crippen LogP contribution < -0.4 is 10.1 Å². The van der Waals surface area contributed by atoms with Crippen molar-refractivity contribution in [1.29, 1.82) is 5.26 Å². The number of anilines is 1. The van der Waals surface area contributed by atoms with Gasteiger partial charge in [-0.25, -0.2) is 4.98 Å². The van der Waals surface area contributed by atoms with Gasteiger partial charge in [-0.3, -0.25) is 4.79 Å². The monoisotopic (exact) mass is 334 g/mol. The second kappa shape index (κ2) is 6.30. The summed E-state index contributed by atoms with van der Waals surface area (Å²) >= 11 is 7.40. The van der Waals surface area contributed by atoms with Gasteiger partial charge in [-0.1, -0.05) is 29.4 Å². The minimum atomic E-state index is -0.377. The van der Waals surface area contributed by atoms with Gasteiger partial charge < -0.3 is 14.6 Å². The fourth-order valence-electron chi connectivity index (χ4n) is 2.05. The van der Waals surface area contributed by atoms with Gasteiger partial charge in [0.15, 0.2) is 23.3 Å². The molecule has 0 unspecified atom stereocenters. The number of rotatable bonds is 4. The van der Waals surface area contributed by atoms with Crippen LogP contribution in [0.2, 0.25) is 5.02 Å². The lowest BCUT2D eigenvalue weighted by Gasteiger charge is -2.06. The Balaban J connectivity index is 1.64. The number of nitriles is 1. The Bertz CT molecular complexity index is 769. The molecule has 6 nitrogen and oxygen atoms in total. The number of imidazole rings is 1. The van der Waals surface area contributed by atoms with Crippen molar-refractivity contribution in [3.8, 4) is 11.8 Å². The van der Waals surface area contributed by atoms with Crippen molar-refractivity contribution in [2.45, 2.75) is 11.7 Å². The summed E-state index contributed by atoms with van der Waals surface area (Å²) in [7, 11) is 0. The highest BCUT2D eigenvalue weighted by Gasteiger charge is 2.22. The Morgan fingerprint density at radius 1 is 1.59 bits per heavy atom. The highest BCUT2D eigenvalue weighted by molar-refractivity contribution is 7.99. The number of aromatic nitrogens is 2. The summed E-state index contributed by atoms with van der Waals surface area (Å²) in [6.45, 7) is 0.547. The topological polar surface area (TPSA) is 79.9 Å². The van der Waals surface area contributed by atoms with Crippen molar-refractivity contribution >= 4 is 35.1 Å². The number of fused-ring (bicyclic) bond motifs is 1. The predicted octanol–water partition coefficient (Wildman–Crippen LogP) is 2.53. The molecule has 22 heavy (non-hydrogen) atoms. The molecule has 0 saturated carbocycles. The van der Waals surface area contributed by atoms with Crippen LogP contribution >= 0.6 is 23.4 Å². The molecule has 1 aromatic heterocycles. The van der Waals surface area contributed by atoms with E-state index < -0.39 is 0 Å². The van der Waals surface area contributed by atoms with E-state index in [4.69, 9.17) is 16.3 Å². The van der Waals surface area contributed by atoms with Crippen LogP contribution in [0.3, 0.4) is 0 Å². The zero-order chi connectivity index (χ0) is 15.5. The van der Waals surface area contributed by atoms with Gasteiger partial charge in [-0.2, -0.15) is 5.26 Å². The minimum absolute atomic E-state index is 0.180. The van der Waals surface area contributed by atoms with Crippen molar-refractivity contribution in [2.75, 3.05) is 17.7 Å². The summed E-state index contributed by atoms with van der Waals surface area (Å²) < 4.78 is 7.16. The van der Waals surface area contributed by atoms with Gasteiger partial charge in [-0.15, -0.1) is 0 Å². The molecule has 112 valence electrons. The molecule has 1 aliphatic heterocycles. The Morgan fingerprint density at radius 2 is 2.45 bits per heavy atom. The number of thioether (sulfide) groups is 1. The lowest BCUT2D eigenvalue weighted by molar-refractivity contribution is -0.118. The highest BCUT2D eigenvalue weighted by atomic mass is 35.5. The number of benzene rings is 1. The molecule has 8 heteroatoms. The molecular weight excluding hydrogens is 324 g/mol. The molecule has 1 amide bonds. The van der Waals surface area contributed by atoms with E-state index in [0.717, 1.165) is 17.5 Å². The average Bonchev–Trinajstić information content (AvgIpc) is 3.05. The standard InChI is InChI=1S/C14H11ClN4O2S/c15-9-2-1-3-10(6-9)21-8-12(20)17-13-11(7-16)19-4-5-22-14(19)18-13/h1-3,6H,4-5,8H2,(H,17,20). The summed E-state index contributed by atoms with van der Waals surface area (Å²) in [6, 6.07) is 8.87. The zero-order valence-corrected chi connectivity index (χ0v) is 12.9. The maximum Gasteiger partial charge on any atom is 0.263 e. The van der Waals surface area contributed by atoms with Crippen LogP contribution in [0.5, 0.6) is 5.75 Å². The average molecular weight is 335 g/mol. The molecule has 1 N–H and O–H groups in total. The van der Waals surface area contributed by atoms with Gasteiger partial charge in [0, 0.05) is 17.3 Å². The summed E-state index contributed by atoms with van der Waals surface area (Å²) in [4.78, 5) is 16.2. The van der Waals surface area contributed by atoms with Crippen molar-refractivity contribution < 1.29 is 9.53 Å². The first-order valence-corrected chi connectivity index (χ1v) is 7.85. The molecule has 0 saturated heterocycles. The SMILES string of the molecule is N#Cc1c(NC(=O)COc2cccc(Cl)c2)nc2n1CCS2. The number of nitrogens with one attached hydrogen (secondary N) is 1. The lowest BCUT2D eigenvalue weighted by Crippen LogP contribution is -2.21. The van der Waals surface area contributed by atoms with E-state index in [1.54, 1.807) is 40.6 Å². The number of halogens is 1. The van der Waals surface area contributed by atoms with Crippen LogP contribution in [0.15, 0.2) is 29.4 Å². The smallest absolute Gasteiger partial charge is 0.263 e. The number of carbonyl (C=O) groups excluding carboxylic acids is 1. The van der Waals surface area contributed by atoms with Crippen molar-refractivity contribution in [3.63, 3.8) is 0 Å². The molecule has 2 heterocycles. The zero-order valence-electron chi connectivity index (χ0n) is 11.4. The number of hydrogen-bond donors (Lipinski definition) is 1. The van der Waals surface area contributed by atoms with E-state index in [1.165, 1.54) is 0 Å². The Kier molecular flexibility index (Phi) is 4.22. The summed E-state index contributed by atoms with van der Waals surface area (Å²) in [6.07, 6.45) is 0. The largest absolute Gasteiger partial charge is 0.484 e. The molecule has 0 atom stereocenters. The quantitative estimate of drug-likeness (QED) is 0.929. The second-order valence-electron chi connectivity index (χ2n) is 4.50. The number of hydrogen-bond acceptors (Lipinski definition) is 5. The van der Waals surface area contributed by atoms with E-state index in [1.807, 2.05) is 0 Å². The first-order chi connectivity index (χ1) is 10.7. The number of amides is 1. The minimum Gasteiger partial charge on any atom is -0.484 e. The Hall–Kier alpha value is -2.17. The molecule has 1 aliphatic rings. The van der Waals surface area contributed by atoms with Gasteiger partial charge in [0.2, 0.25) is 0 Å². The Labute approximate surface area is 136 Å². The number of ether oxygens (including phenoxy) is 1. The molecule has 3 rings (SSSR count). The molecule has 1 aromatic carbocycles. The third-order valence-corrected chi connectivity index (χ3v) is 4.20. The number of carbonyl (C=O) groups is 1. The maximum atomic E-state index is 11.9. The fraction of sp³-hybridized carbons (Fsp3) is 0.214. The van der Waals surface area contributed by atoms with Gasteiger partial charge in [0.1, 0.15) is 11.8 Å². The van der Waals surface area contributed by atoms with Gasteiger partial charge in [0.05, 0.1) is 0 Å². The summed E-state index contributed by atoms with van der Waals surface area (Å²) in [5.41, 5.74) is 0.371. The number of nitrogens with zero attached hydrogens (tertiary/aromatic N) is 3. The summed E-state index contributed by atoms with van der Waals surface area (Å²) in [5, 5.41) is 13.1. The highest BCUT2D eigenvalue weighted by Crippen LogP contribution is 2.30. The van der Waals surface area contributed by atoms with Crippen molar-refractivity contribution in [3.05, 3.63) is 35.0 Å². The molecule has 0 spiro atoms. The van der Waals surface area contributed by atoms with Crippen molar-refractivity contribution in [2.24, 2.45) is 0 Å². The molecule has 0 radical (unpaired) electrons. The van der Waals surface area contributed by atoms with E-state index in [9.17, 15) is 10.1 Å². The lowest BCUT2D eigenvalue weighted by atomic mass is 10.3. The van der Waals surface area contributed by atoms with Crippen LogP contribution in [0.25, 0.3) is 0 Å². The Morgan fingerprint density at radius 3 is 3.23 bits per heavy atom. The molecule has 0 fully saturated rings. The maximum absolute atomic E-state index is 11.9. The fourth-order valence-corrected chi connectivity index (χ4v) is 3.18. The van der Waals surface area contributed by atoms with Crippen LogP contribution in [-0.4, -0.2) is 27.8 Å². The predicted molar refractivity (Wildman–Crippen MR) is 83.2 cm³/mol. The third-order valence-electron chi connectivity index (χ3n) is 3.01. The molecular formula is C14H11ClN4O2S. The summed E-state index contributed by atoms with van der Waals surface area (Å²) in [5.74, 6) is 1.30. The van der Waals surface area contributed by atoms with Crippen LogP contribution in [-0.2, 0) is 11.3 Å². The second-order valence-corrected chi connectivity index (χ2v) is 6.00. The van der Waals surface area contributed by atoms with Crippen molar-refractivity contribution in [1.82, 2.24) is 9.55 Å². The molecule has 2 aromatic rings. The van der Waals surface area contributed by atoms with Gasteiger partial charge >= 0.3 is 0 Å². The third kappa shape index (κ3) is 3.03. The normalized spacial score (nSPS) is 12.5. The van der Waals surface area contributed by atoms with E-state index in [0.29, 0.717) is 16.5 Å². The van der Waals surface area contributed by atoms with Crippen LogP contribution in [0, 0.1) is 11.3 Å². The van der Waals surface area contributed by atoms with E-state index >= 15 is 0 Å². The van der Waals surface area contributed by atoms with Gasteiger partial charge in [-0.05, 0) is 18.2 Å². The van der Waals surface area contributed by atoms with Gasteiger partial charge in [0.25, 0.3) is 5.91 Å². The van der Waals surface area contributed by atoms with Crippen LogP contribution in [0.1, 0.15) is 5.69 Å². The van der Waals surface area contributed by atoms with E-state index in [2.05, 4.69) is 16.4 Å². The van der Waals surface area contributed by atoms with E-state index in [-0.39, 0.29) is 18.3 Å². The first-order valence-electron chi connectivity index (χ1n) is 6.49. The van der Waals surface area contributed by atoms with Crippen LogP contribution in [0.4, 0.5) is 5.82 Å². The molecule has 0 aliphatic carbocycles.